The smallest absolute Gasteiger partial charge is 0.220 e. The number of amides is 1. The molecule has 8 heteroatoms. The topological polar surface area (TPSA) is 63.2 Å². The van der Waals surface area contributed by atoms with Crippen LogP contribution in [0.4, 0.5) is 0 Å². The molecule has 1 unspecified atom stereocenters. The van der Waals surface area contributed by atoms with Gasteiger partial charge in [-0.1, -0.05) is 44.0 Å². The minimum atomic E-state index is -1.85. The van der Waals surface area contributed by atoms with Crippen molar-refractivity contribution >= 4 is 37.4 Å². The Morgan fingerprint density at radius 1 is 1.27 bits per heavy atom. The maximum atomic E-state index is 11.4. The minimum absolute atomic E-state index is 0.124. The molecule has 1 aliphatic heterocycles. The lowest BCUT2D eigenvalue weighted by Gasteiger charge is -2.34. The summed E-state index contributed by atoms with van der Waals surface area (Å²) in [6, 6.07) is 3.33. The summed E-state index contributed by atoms with van der Waals surface area (Å²) in [5, 5.41) is 7.48. The molecule has 1 aromatic rings. The third-order valence-electron chi connectivity index (χ3n) is 5.34. The lowest BCUT2D eigenvalue weighted by molar-refractivity contribution is -0.119. The molecule has 0 radical (unpaired) electrons. The Kier molecular flexibility index (Phi) is 8.35. The second kappa shape index (κ2) is 10.0. The Bertz CT molecular complexity index is 586. The van der Waals surface area contributed by atoms with Gasteiger partial charge in [-0.2, -0.15) is 0 Å². The van der Waals surface area contributed by atoms with Gasteiger partial charge < -0.3 is 15.1 Å². The summed E-state index contributed by atoms with van der Waals surface area (Å²) in [4.78, 5) is 15.4. The van der Waals surface area contributed by atoms with Crippen LogP contribution in [0.25, 0.3) is 0 Å². The number of hydrogen-bond acceptors (Lipinski definition) is 4. The van der Waals surface area contributed by atoms with Gasteiger partial charge in [-0.25, -0.2) is 0 Å². The minimum Gasteiger partial charge on any atom is -0.409 e. The van der Waals surface area contributed by atoms with Gasteiger partial charge in [0.2, 0.25) is 5.91 Å². The Hall–Kier alpha value is -0.663. The molecule has 0 bridgehead atoms. The molecule has 0 aromatic carbocycles. The van der Waals surface area contributed by atoms with Gasteiger partial charge >= 0.3 is 0 Å². The highest BCUT2D eigenvalue weighted by molar-refractivity contribution is 6.73. The second-order valence-corrected chi connectivity index (χ2v) is 12.4. The first-order valence-electron chi connectivity index (χ1n) is 9.41. The van der Waals surface area contributed by atoms with Gasteiger partial charge in [0.1, 0.15) is 0 Å². The Morgan fingerprint density at radius 3 is 2.38 bits per heavy atom. The second-order valence-electron chi connectivity index (χ2n) is 6.83. The van der Waals surface area contributed by atoms with E-state index in [0.717, 1.165) is 30.1 Å². The predicted molar refractivity (Wildman–Crippen MR) is 109 cm³/mol. The van der Waals surface area contributed by atoms with Gasteiger partial charge in [0.25, 0.3) is 0 Å². The van der Waals surface area contributed by atoms with E-state index in [2.05, 4.69) is 36.4 Å². The van der Waals surface area contributed by atoms with Crippen LogP contribution in [0, 0.1) is 0 Å². The molecule has 1 amide bonds. The number of carbonyl (C=O) groups excluding carboxylic acids is 1. The number of halogens is 2. The molecule has 2 atom stereocenters. The van der Waals surface area contributed by atoms with E-state index in [9.17, 15) is 4.79 Å². The van der Waals surface area contributed by atoms with Crippen LogP contribution in [0.1, 0.15) is 45.3 Å². The van der Waals surface area contributed by atoms with Crippen LogP contribution in [0.15, 0.2) is 12.4 Å². The van der Waals surface area contributed by atoms with Gasteiger partial charge in [0.05, 0.1) is 16.1 Å². The SMILES string of the molecule is CC[Si](CC)(CC)OC(CNC[C@H]1CCC(=O)N1)c1c(Cl)cncc1Cl. The fourth-order valence-electron chi connectivity index (χ4n) is 3.45. The number of hydrogen-bond donors (Lipinski definition) is 2. The maximum absolute atomic E-state index is 11.4. The average Bonchev–Trinajstić information content (AvgIpc) is 3.04. The van der Waals surface area contributed by atoms with E-state index in [1.165, 1.54) is 0 Å². The van der Waals surface area contributed by atoms with E-state index >= 15 is 0 Å². The first-order chi connectivity index (χ1) is 12.4. The zero-order valence-electron chi connectivity index (χ0n) is 15.8. The number of rotatable bonds is 10. The maximum Gasteiger partial charge on any atom is 0.220 e. The molecule has 1 saturated heterocycles. The molecule has 26 heavy (non-hydrogen) atoms. The van der Waals surface area contributed by atoms with E-state index in [1.54, 1.807) is 12.4 Å². The van der Waals surface area contributed by atoms with Crippen molar-refractivity contribution in [3.05, 3.63) is 28.0 Å². The fraction of sp³-hybridized carbons (Fsp3) is 0.667. The van der Waals surface area contributed by atoms with Crippen molar-refractivity contribution in [3.63, 3.8) is 0 Å². The van der Waals surface area contributed by atoms with Gasteiger partial charge in [-0.15, -0.1) is 0 Å². The monoisotopic (exact) mass is 417 g/mol. The highest BCUT2D eigenvalue weighted by Crippen LogP contribution is 2.36. The quantitative estimate of drug-likeness (QED) is 0.556. The number of nitrogens with one attached hydrogen (secondary N) is 2. The number of carbonyl (C=O) groups is 1. The number of nitrogens with zero attached hydrogens (tertiary/aromatic N) is 1. The lowest BCUT2D eigenvalue weighted by Crippen LogP contribution is -2.42. The summed E-state index contributed by atoms with van der Waals surface area (Å²) in [6.45, 7) is 7.92. The highest BCUT2D eigenvalue weighted by atomic mass is 35.5. The highest BCUT2D eigenvalue weighted by Gasteiger charge is 2.34. The summed E-state index contributed by atoms with van der Waals surface area (Å²) in [6.07, 6.45) is 4.48. The zero-order valence-corrected chi connectivity index (χ0v) is 18.3. The van der Waals surface area contributed by atoms with Crippen LogP contribution in [0.2, 0.25) is 28.2 Å². The Labute approximate surface area is 167 Å². The summed E-state index contributed by atoms with van der Waals surface area (Å²) in [5.74, 6) is 0.124. The molecule has 5 nitrogen and oxygen atoms in total. The third-order valence-corrected chi connectivity index (χ3v) is 10.6. The fourth-order valence-corrected chi connectivity index (χ4v) is 6.87. The van der Waals surface area contributed by atoms with Crippen molar-refractivity contribution in [1.29, 1.82) is 0 Å². The van der Waals surface area contributed by atoms with Gasteiger partial charge in [0, 0.05) is 43.5 Å². The molecule has 146 valence electrons. The lowest BCUT2D eigenvalue weighted by atomic mass is 10.1. The first kappa shape index (κ1) is 21.6. The Balaban J connectivity index is 2.14. The molecule has 1 fully saturated rings. The Morgan fingerprint density at radius 2 is 1.88 bits per heavy atom. The van der Waals surface area contributed by atoms with Gasteiger partial charge in [-0.3, -0.25) is 9.78 Å². The van der Waals surface area contributed by atoms with E-state index in [1.807, 2.05) is 0 Å². The molecule has 0 aliphatic carbocycles. The van der Waals surface area contributed by atoms with Crippen LogP contribution in [0.3, 0.4) is 0 Å². The molecular formula is C18H29Cl2N3O2Si. The van der Waals surface area contributed by atoms with Crippen molar-refractivity contribution in [3.8, 4) is 0 Å². The van der Waals surface area contributed by atoms with Gasteiger partial charge in [-0.05, 0) is 24.6 Å². The number of pyridine rings is 1. The third kappa shape index (κ3) is 5.42. The number of aromatic nitrogens is 1. The molecule has 0 saturated carbocycles. The van der Waals surface area contributed by atoms with Crippen LogP contribution in [-0.4, -0.2) is 38.3 Å². The van der Waals surface area contributed by atoms with Crippen molar-refractivity contribution in [2.75, 3.05) is 13.1 Å². The van der Waals surface area contributed by atoms with Crippen LogP contribution in [-0.2, 0) is 9.22 Å². The largest absolute Gasteiger partial charge is 0.409 e. The van der Waals surface area contributed by atoms with Gasteiger partial charge in [0.15, 0.2) is 8.32 Å². The predicted octanol–water partition coefficient (Wildman–Crippen LogP) is 4.32. The molecular weight excluding hydrogens is 389 g/mol. The molecule has 1 aromatic heterocycles. The molecule has 0 spiro atoms. The molecule has 2 rings (SSSR count). The van der Waals surface area contributed by atoms with Crippen LogP contribution in [0.5, 0.6) is 0 Å². The van der Waals surface area contributed by atoms with E-state index in [0.29, 0.717) is 29.6 Å². The van der Waals surface area contributed by atoms with Crippen molar-refractivity contribution in [2.45, 2.75) is 63.9 Å². The summed E-state index contributed by atoms with van der Waals surface area (Å²) in [7, 11) is -1.85. The van der Waals surface area contributed by atoms with E-state index in [4.69, 9.17) is 27.6 Å². The van der Waals surface area contributed by atoms with E-state index < -0.39 is 8.32 Å². The molecule has 1 aliphatic rings. The van der Waals surface area contributed by atoms with Crippen molar-refractivity contribution in [1.82, 2.24) is 15.6 Å². The summed E-state index contributed by atoms with van der Waals surface area (Å²) >= 11 is 12.8. The van der Waals surface area contributed by atoms with Crippen LogP contribution >= 0.6 is 23.2 Å². The zero-order chi connectivity index (χ0) is 19.2. The average molecular weight is 418 g/mol. The first-order valence-corrected chi connectivity index (χ1v) is 12.7. The standard InChI is InChI=1S/C18H29Cl2N3O2Si/c1-4-26(5-2,6-3)25-16(18-14(19)10-22-11-15(18)20)12-21-9-13-7-8-17(24)23-13/h10-11,13,16,21H,4-9,12H2,1-3H3,(H,23,24)/t13-,16?/m1/s1. The normalized spacial score (nSPS) is 18.8. The van der Waals surface area contributed by atoms with Crippen LogP contribution < -0.4 is 10.6 Å². The van der Waals surface area contributed by atoms with Crippen molar-refractivity contribution in [2.24, 2.45) is 0 Å². The van der Waals surface area contributed by atoms with Crippen molar-refractivity contribution < 1.29 is 9.22 Å². The molecule has 2 N–H and O–H groups in total. The van der Waals surface area contributed by atoms with E-state index in [-0.39, 0.29) is 18.1 Å². The molecule has 2 heterocycles. The summed E-state index contributed by atoms with van der Waals surface area (Å²) < 4.78 is 6.71. The summed E-state index contributed by atoms with van der Waals surface area (Å²) in [5.41, 5.74) is 0.804.